The van der Waals surface area contributed by atoms with E-state index in [1.54, 1.807) is 5.57 Å². The number of terminal acetylenes is 1. The molecule has 4 aliphatic rings. The lowest BCUT2D eigenvalue weighted by Gasteiger charge is -2.53. The van der Waals surface area contributed by atoms with E-state index < -0.39 is 5.60 Å². The molecule has 2 saturated carbocycles. The molecular weight excluding hydrogens is 272 g/mol. The number of rotatable bonds is 0. The van der Waals surface area contributed by atoms with Crippen LogP contribution in [0.3, 0.4) is 0 Å². The van der Waals surface area contributed by atoms with E-state index in [1.807, 2.05) is 0 Å². The monoisotopic (exact) mass is 298 g/mol. The van der Waals surface area contributed by atoms with Gasteiger partial charge in [-0.15, -0.1) is 6.42 Å². The summed E-state index contributed by atoms with van der Waals surface area (Å²) in [5, 5.41) is 10.9. The lowest BCUT2D eigenvalue weighted by Crippen LogP contribution is -2.50. The van der Waals surface area contributed by atoms with Gasteiger partial charge in [-0.05, 0) is 62.7 Å². The molecule has 0 amide bonds. The highest BCUT2D eigenvalue weighted by atomic mass is 16.3. The lowest BCUT2D eigenvalue weighted by molar-refractivity contribution is -0.119. The first-order chi connectivity index (χ1) is 10.5. The van der Waals surface area contributed by atoms with E-state index >= 15 is 0 Å². The molecule has 2 nitrogen and oxygen atoms in total. The predicted molar refractivity (Wildman–Crippen MR) is 85.9 cm³/mol. The second-order valence-electron chi connectivity index (χ2n) is 8.26. The molecule has 4 aliphatic carbocycles. The molecule has 0 spiro atoms. The lowest BCUT2D eigenvalue weighted by atomic mass is 9.52. The fourth-order valence-electron chi connectivity index (χ4n) is 6.30. The Bertz CT molecular complexity index is 595. The van der Waals surface area contributed by atoms with Gasteiger partial charge in [0.15, 0.2) is 0 Å². The summed E-state index contributed by atoms with van der Waals surface area (Å²) in [6, 6.07) is 0. The molecule has 0 radical (unpaired) electrons. The van der Waals surface area contributed by atoms with Gasteiger partial charge in [0.1, 0.15) is 11.4 Å². The van der Waals surface area contributed by atoms with Gasteiger partial charge in [-0.25, -0.2) is 0 Å². The van der Waals surface area contributed by atoms with Crippen molar-refractivity contribution in [3.8, 4) is 12.3 Å². The minimum absolute atomic E-state index is 0.106. The first-order valence-corrected chi connectivity index (χ1v) is 8.91. The zero-order chi connectivity index (χ0) is 15.5. The van der Waals surface area contributed by atoms with Crippen LogP contribution in [0.4, 0.5) is 0 Å². The number of carbonyl (C=O) groups excluding carboxylic acids is 1. The molecule has 0 aromatic rings. The third-order valence-electron chi connectivity index (χ3n) is 7.59. The smallest absolute Gasteiger partial charge is 0.137 e. The van der Waals surface area contributed by atoms with Gasteiger partial charge in [0, 0.05) is 18.3 Å². The number of hydrogen-bond acceptors (Lipinski definition) is 2. The molecule has 2 fully saturated rings. The molecule has 0 heterocycles. The standard InChI is InChI=1S/C20H26O2/c1-3-20(22)11-9-18-17-6-4-13-12-14(21)5-7-15(13)16(17)8-10-19(18,20)2/h1,16-18,22H,4-12H2,2H3/t16-,17-,18+,19+,20?/m1/s1. The number of hydrogen-bond donors (Lipinski definition) is 1. The largest absolute Gasteiger partial charge is 0.377 e. The van der Waals surface area contributed by atoms with Gasteiger partial charge in [-0.3, -0.25) is 4.79 Å². The Balaban J connectivity index is 1.67. The summed E-state index contributed by atoms with van der Waals surface area (Å²) in [6.07, 6.45) is 14.5. The summed E-state index contributed by atoms with van der Waals surface area (Å²) in [5.41, 5.74) is 2.08. The zero-order valence-electron chi connectivity index (χ0n) is 13.5. The average Bonchev–Trinajstić information content (AvgIpc) is 2.79. The van der Waals surface area contributed by atoms with Crippen LogP contribution < -0.4 is 0 Å². The van der Waals surface area contributed by atoms with Gasteiger partial charge in [-0.1, -0.05) is 24.0 Å². The Labute approximate surface area is 133 Å². The molecule has 2 heteroatoms. The second kappa shape index (κ2) is 4.71. The van der Waals surface area contributed by atoms with Gasteiger partial charge in [0.05, 0.1) is 0 Å². The number of fused-ring (bicyclic) bond motifs is 4. The summed E-state index contributed by atoms with van der Waals surface area (Å²) in [5.74, 6) is 5.06. The highest BCUT2D eigenvalue weighted by molar-refractivity contribution is 5.82. The normalized spacial score (nSPS) is 47.5. The van der Waals surface area contributed by atoms with Gasteiger partial charge < -0.3 is 5.11 Å². The summed E-state index contributed by atoms with van der Waals surface area (Å²) >= 11 is 0. The van der Waals surface area contributed by atoms with Gasteiger partial charge in [-0.2, -0.15) is 0 Å². The van der Waals surface area contributed by atoms with Crippen molar-refractivity contribution in [3.05, 3.63) is 11.1 Å². The fourth-order valence-corrected chi connectivity index (χ4v) is 6.30. The van der Waals surface area contributed by atoms with Crippen LogP contribution in [0, 0.1) is 35.5 Å². The number of aliphatic hydroxyl groups is 1. The first kappa shape index (κ1) is 14.5. The van der Waals surface area contributed by atoms with Crippen molar-refractivity contribution in [1.29, 1.82) is 0 Å². The van der Waals surface area contributed by atoms with Gasteiger partial charge >= 0.3 is 0 Å². The Morgan fingerprint density at radius 3 is 2.77 bits per heavy atom. The van der Waals surface area contributed by atoms with Crippen LogP contribution in [0.15, 0.2) is 11.1 Å². The molecule has 0 bridgehead atoms. The molecule has 0 aliphatic heterocycles. The SMILES string of the molecule is C#CC1(O)CC[C@H]2[C@@H]3CCC4=C(CCC(=O)C4)[C@H]3CC[C@@]21C. The molecule has 22 heavy (non-hydrogen) atoms. The Morgan fingerprint density at radius 2 is 2.00 bits per heavy atom. The van der Waals surface area contributed by atoms with Crippen LogP contribution >= 0.6 is 0 Å². The van der Waals surface area contributed by atoms with Crippen molar-refractivity contribution in [1.82, 2.24) is 0 Å². The number of ketones is 1. The summed E-state index contributed by atoms with van der Waals surface area (Å²) in [4.78, 5) is 11.7. The van der Waals surface area contributed by atoms with Crippen LogP contribution in [0.1, 0.15) is 64.7 Å². The van der Waals surface area contributed by atoms with E-state index in [0.717, 1.165) is 51.4 Å². The quantitative estimate of drug-likeness (QED) is 0.547. The molecule has 1 N–H and O–H groups in total. The van der Waals surface area contributed by atoms with E-state index in [2.05, 4.69) is 12.8 Å². The third-order valence-corrected chi connectivity index (χ3v) is 7.59. The maximum atomic E-state index is 11.7. The van der Waals surface area contributed by atoms with Crippen LogP contribution in [-0.2, 0) is 4.79 Å². The molecule has 118 valence electrons. The van der Waals surface area contributed by atoms with Crippen LogP contribution in [0.25, 0.3) is 0 Å². The van der Waals surface area contributed by atoms with Crippen LogP contribution in [-0.4, -0.2) is 16.5 Å². The summed E-state index contributed by atoms with van der Waals surface area (Å²) in [7, 11) is 0. The minimum Gasteiger partial charge on any atom is -0.377 e. The van der Waals surface area contributed by atoms with Gasteiger partial charge in [0.25, 0.3) is 0 Å². The van der Waals surface area contributed by atoms with Crippen molar-refractivity contribution in [2.75, 3.05) is 0 Å². The van der Waals surface area contributed by atoms with E-state index in [4.69, 9.17) is 6.42 Å². The van der Waals surface area contributed by atoms with Gasteiger partial charge in [0.2, 0.25) is 0 Å². The van der Waals surface area contributed by atoms with Crippen molar-refractivity contribution in [2.24, 2.45) is 23.2 Å². The van der Waals surface area contributed by atoms with Crippen LogP contribution in [0.2, 0.25) is 0 Å². The molecule has 4 rings (SSSR count). The number of allylic oxidation sites excluding steroid dienone is 2. The van der Waals surface area contributed by atoms with E-state index in [1.165, 1.54) is 12.0 Å². The van der Waals surface area contributed by atoms with Crippen molar-refractivity contribution in [2.45, 2.75) is 70.3 Å². The molecule has 5 atom stereocenters. The minimum atomic E-state index is -0.903. The highest BCUT2D eigenvalue weighted by Gasteiger charge is 2.61. The Hall–Kier alpha value is -1.07. The summed E-state index contributed by atoms with van der Waals surface area (Å²) in [6.45, 7) is 2.23. The Morgan fingerprint density at radius 1 is 1.18 bits per heavy atom. The zero-order valence-corrected chi connectivity index (χ0v) is 13.5. The Kier molecular flexibility index (Phi) is 3.11. The predicted octanol–water partition coefficient (Wildman–Crippen LogP) is 3.64. The van der Waals surface area contributed by atoms with Crippen molar-refractivity contribution >= 4 is 5.78 Å². The molecule has 0 saturated heterocycles. The second-order valence-corrected chi connectivity index (χ2v) is 8.26. The molecule has 0 aromatic carbocycles. The average molecular weight is 298 g/mol. The molecule has 1 unspecified atom stereocenters. The molecular formula is C20H26O2. The topological polar surface area (TPSA) is 37.3 Å². The number of carbonyl (C=O) groups is 1. The van der Waals surface area contributed by atoms with E-state index in [-0.39, 0.29) is 5.41 Å². The first-order valence-electron chi connectivity index (χ1n) is 8.91. The maximum Gasteiger partial charge on any atom is 0.137 e. The van der Waals surface area contributed by atoms with Crippen molar-refractivity contribution < 1.29 is 9.90 Å². The van der Waals surface area contributed by atoms with E-state index in [0.29, 0.717) is 23.5 Å². The number of Topliss-reactive ketones (excluding diaryl/α,β-unsaturated/α-hetero) is 1. The third kappa shape index (κ3) is 1.75. The van der Waals surface area contributed by atoms with Crippen molar-refractivity contribution in [3.63, 3.8) is 0 Å². The fraction of sp³-hybridized carbons (Fsp3) is 0.750. The maximum absolute atomic E-state index is 11.7. The van der Waals surface area contributed by atoms with Crippen LogP contribution in [0.5, 0.6) is 0 Å². The summed E-state index contributed by atoms with van der Waals surface area (Å²) < 4.78 is 0. The van der Waals surface area contributed by atoms with E-state index in [9.17, 15) is 9.90 Å². The highest BCUT2D eigenvalue weighted by Crippen LogP contribution is 2.64. The molecule has 0 aromatic heterocycles.